The Labute approximate surface area is 113 Å². The molecule has 2 rings (SSSR count). The van der Waals surface area contributed by atoms with Crippen LogP contribution in [0.15, 0.2) is 23.1 Å². The van der Waals surface area contributed by atoms with Crippen LogP contribution in [0.25, 0.3) is 11.3 Å². The van der Waals surface area contributed by atoms with Gasteiger partial charge in [0.1, 0.15) is 16.3 Å². The summed E-state index contributed by atoms with van der Waals surface area (Å²) in [5, 5.41) is 9.53. The van der Waals surface area contributed by atoms with Crippen molar-refractivity contribution in [3.05, 3.63) is 23.9 Å². The van der Waals surface area contributed by atoms with Gasteiger partial charge in [0.2, 0.25) is 0 Å². The van der Waals surface area contributed by atoms with Gasteiger partial charge in [0.25, 0.3) is 16.0 Å². The number of primary amides is 1. The predicted molar refractivity (Wildman–Crippen MR) is 66.7 cm³/mol. The standard InChI is InChI=1S/C10H10N4O5S/c1-19-6-3-2-5(4-7(6)20(16,17)18)8-9(10(11)15)13-14-12-8/h2-4H,1H3,(H2,11,15)(H,12,13,14)(H,16,17,18). The van der Waals surface area contributed by atoms with Gasteiger partial charge in [-0.3, -0.25) is 9.35 Å². The highest BCUT2D eigenvalue weighted by atomic mass is 32.2. The van der Waals surface area contributed by atoms with Crippen molar-refractivity contribution in [3.8, 4) is 17.0 Å². The van der Waals surface area contributed by atoms with Gasteiger partial charge in [-0.05, 0) is 18.2 Å². The molecule has 0 unspecified atom stereocenters. The third-order valence-corrected chi connectivity index (χ3v) is 3.37. The highest BCUT2D eigenvalue weighted by Gasteiger charge is 2.21. The van der Waals surface area contributed by atoms with Crippen LogP contribution in [0.1, 0.15) is 10.5 Å². The first kappa shape index (κ1) is 14.0. The number of aromatic amines is 1. The molecule has 1 aromatic heterocycles. The molecule has 1 aromatic carbocycles. The van der Waals surface area contributed by atoms with Crippen molar-refractivity contribution in [2.24, 2.45) is 5.73 Å². The van der Waals surface area contributed by atoms with Crippen molar-refractivity contribution in [2.45, 2.75) is 4.90 Å². The molecule has 20 heavy (non-hydrogen) atoms. The Balaban J connectivity index is 2.65. The number of amides is 1. The maximum absolute atomic E-state index is 11.3. The zero-order chi connectivity index (χ0) is 14.9. The quantitative estimate of drug-likeness (QED) is 0.663. The van der Waals surface area contributed by atoms with Crippen molar-refractivity contribution in [3.63, 3.8) is 0 Å². The van der Waals surface area contributed by atoms with E-state index in [2.05, 4.69) is 15.4 Å². The smallest absolute Gasteiger partial charge is 0.298 e. The third kappa shape index (κ3) is 2.46. The fourth-order valence-electron chi connectivity index (χ4n) is 1.63. The second-order valence-corrected chi connectivity index (χ2v) is 5.12. The Morgan fingerprint density at radius 3 is 2.65 bits per heavy atom. The van der Waals surface area contributed by atoms with E-state index in [9.17, 15) is 13.2 Å². The summed E-state index contributed by atoms with van der Waals surface area (Å²) in [4.78, 5) is 10.7. The fraction of sp³-hybridized carbons (Fsp3) is 0.100. The minimum atomic E-state index is -4.49. The number of benzene rings is 1. The molecule has 0 radical (unpaired) electrons. The molecule has 0 bridgehead atoms. The number of nitrogens with zero attached hydrogens (tertiary/aromatic N) is 2. The number of methoxy groups -OCH3 is 1. The van der Waals surface area contributed by atoms with Crippen LogP contribution < -0.4 is 10.5 Å². The zero-order valence-corrected chi connectivity index (χ0v) is 11.0. The number of ether oxygens (including phenoxy) is 1. The van der Waals surface area contributed by atoms with Gasteiger partial charge in [-0.15, -0.1) is 0 Å². The zero-order valence-electron chi connectivity index (χ0n) is 10.2. The van der Waals surface area contributed by atoms with Gasteiger partial charge in [0.05, 0.1) is 7.11 Å². The number of carbonyl (C=O) groups excluding carboxylic acids is 1. The van der Waals surface area contributed by atoms with E-state index >= 15 is 0 Å². The summed E-state index contributed by atoms with van der Waals surface area (Å²) in [6.45, 7) is 0. The Bertz CT molecular complexity index is 768. The highest BCUT2D eigenvalue weighted by molar-refractivity contribution is 7.86. The molecule has 0 saturated heterocycles. The lowest BCUT2D eigenvalue weighted by atomic mass is 10.1. The Hall–Kier alpha value is -2.46. The Morgan fingerprint density at radius 1 is 1.40 bits per heavy atom. The summed E-state index contributed by atoms with van der Waals surface area (Å²) in [5.41, 5.74) is 5.29. The predicted octanol–water partition coefficient (Wildman–Crippen LogP) is -0.174. The first-order chi connectivity index (χ1) is 9.34. The average Bonchev–Trinajstić information content (AvgIpc) is 2.86. The summed E-state index contributed by atoms with van der Waals surface area (Å²) in [6.07, 6.45) is 0. The third-order valence-electron chi connectivity index (χ3n) is 2.50. The minimum Gasteiger partial charge on any atom is -0.495 e. The van der Waals surface area contributed by atoms with E-state index in [1.54, 1.807) is 0 Å². The van der Waals surface area contributed by atoms with Crippen LogP contribution in [0.4, 0.5) is 0 Å². The molecule has 0 aliphatic heterocycles. The SMILES string of the molecule is COc1ccc(-c2n[nH]nc2C(N)=O)cc1S(=O)(=O)O. The molecule has 1 heterocycles. The van der Waals surface area contributed by atoms with Crippen molar-refractivity contribution in [1.82, 2.24) is 15.4 Å². The maximum Gasteiger partial charge on any atom is 0.298 e. The molecule has 0 spiro atoms. The first-order valence-electron chi connectivity index (χ1n) is 5.21. The second kappa shape index (κ2) is 4.90. The molecule has 2 aromatic rings. The van der Waals surface area contributed by atoms with Gasteiger partial charge in [-0.25, -0.2) is 0 Å². The van der Waals surface area contributed by atoms with Crippen molar-refractivity contribution in [2.75, 3.05) is 7.11 Å². The number of nitrogens with one attached hydrogen (secondary N) is 1. The fourth-order valence-corrected chi connectivity index (χ4v) is 2.31. The van der Waals surface area contributed by atoms with Gasteiger partial charge in [0, 0.05) is 5.56 Å². The van der Waals surface area contributed by atoms with E-state index in [0.717, 1.165) is 6.07 Å². The van der Waals surface area contributed by atoms with Crippen LogP contribution in [0.5, 0.6) is 5.75 Å². The Morgan fingerprint density at radius 2 is 2.10 bits per heavy atom. The molecule has 0 saturated carbocycles. The van der Waals surface area contributed by atoms with Crippen LogP contribution >= 0.6 is 0 Å². The molecule has 9 nitrogen and oxygen atoms in total. The topological polar surface area (TPSA) is 148 Å². The largest absolute Gasteiger partial charge is 0.495 e. The van der Waals surface area contributed by atoms with Crippen molar-refractivity contribution >= 4 is 16.0 Å². The number of carbonyl (C=O) groups is 1. The lowest BCUT2D eigenvalue weighted by Crippen LogP contribution is -2.13. The lowest BCUT2D eigenvalue weighted by Gasteiger charge is -2.07. The first-order valence-corrected chi connectivity index (χ1v) is 6.65. The van der Waals surface area contributed by atoms with E-state index in [0.29, 0.717) is 0 Å². The van der Waals surface area contributed by atoms with E-state index in [4.69, 9.17) is 15.0 Å². The molecule has 4 N–H and O–H groups in total. The van der Waals surface area contributed by atoms with E-state index < -0.39 is 20.9 Å². The van der Waals surface area contributed by atoms with Crippen molar-refractivity contribution < 1.29 is 22.5 Å². The molecule has 1 amide bonds. The molecule has 106 valence electrons. The lowest BCUT2D eigenvalue weighted by molar-refractivity contribution is 0.0996. The van der Waals surface area contributed by atoms with Gasteiger partial charge in [-0.2, -0.15) is 23.8 Å². The van der Waals surface area contributed by atoms with Gasteiger partial charge >= 0.3 is 0 Å². The van der Waals surface area contributed by atoms with Crippen LogP contribution in [-0.4, -0.2) is 41.4 Å². The van der Waals surface area contributed by atoms with E-state index in [1.807, 2.05) is 0 Å². The van der Waals surface area contributed by atoms with Crippen LogP contribution in [0.2, 0.25) is 0 Å². The summed E-state index contributed by atoms with van der Waals surface area (Å²) in [7, 11) is -3.23. The minimum absolute atomic E-state index is 0.0413. The number of aromatic nitrogens is 3. The summed E-state index contributed by atoms with van der Waals surface area (Å²) >= 11 is 0. The molecular weight excluding hydrogens is 288 g/mol. The monoisotopic (exact) mass is 298 g/mol. The molecule has 10 heteroatoms. The highest BCUT2D eigenvalue weighted by Crippen LogP contribution is 2.29. The molecule has 0 fully saturated rings. The number of nitrogens with two attached hydrogens (primary N) is 1. The van der Waals surface area contributed by atoms with Crippen molar-refractivity contribution in [1.29, 1.82) is 0 Å². The van der Waals surface area contributed by atoms with Crippen LogP contribution in [0.3, 0.4) is 0 Å². The van der Waals surface area contributed by atoms with Gasteiger partial charge in [0.15, 0.2) is 5.69 Å². The van der Waals surface area contributed by atoms with E-state index in [1.165, 1.54) is 19.2 Å². The second-order valence-electron chi connectivity index (χ2n) is 3.73. The summed E-state index contributed by atoms with van der Waals surface area (Å²) in [5.74, 6) is -0.863. The van der Waals surface area contributed by atoms with Crippen LogP contribution in [0, 0.1) is 0 Å². The molecule has 0 aliphatic rings. The normalized spacial score (nSPS) is 11.3. The molecule has 0 aliphatic carbocycles. The summed E-state index contributed by atoms with van der Waals surface area (Å²) < 4.78 is 36.6. The summed E-state index contributed by atoms with van der Waals surface area (Å²) in [6, 6.07) is 3.88. The maximum atomic E-state index is 11.3. The number of rotatable bonds is 4. The number of H-pyrrole nitrogens is 1. The molecule has 0 atom stereocenters. The van der Waals surface area contributed by atoms with Crippen LogP contribution in [-0.2, 0) is 10.1 Å². The Kier molecular flexibility index (Phi) is 3.42. The average molecular weight is 298 g/mol. The van der Waals surface area contributed by atoms with Gasteiger partial charge in [-0.1, -0.05) is 0 Å². The van der Waals surface area contributed by atoms with Gasteiger partial charge < -0.3 is 10.5 Å². The molecular formula is C10H10N4O5S. The number of hydrogen-bond acceptors (Lipinski definition) is 6. The number of hydrogen-bond donors (Lipinski definition) is 3. The van der Waals surface area contributed by atoms with E-state index in [-0.39, 0.29) is 22.7 Å².